The van der Waals surface area contributed by atoms with E-state index in [4.69, 9.17) is 0 Å². The number of aliphatic imine (C=N–C) groups is 1. The summed E-state index contributed by atoms with van der Waals surface area (Å²) in [5.41, 5.74) is 2.97. The van der Waals surface area contributed by atoms with E-state index in [0.29, 0.717) is 22.5 Å². The molecule has 0 radical (unpaired) electrons. The van der Waals surface area contributed by atoms with Gasteiger partial charge in [0.1, 0.15) is 12.1 Å². The number of aromatic hydroxyl groups is 1. The third-order valence-electron chi connectivity index (χ3n) is 3.33. The second-order valence-corrected chi connectivity index (χ2v) is 4.82. The highest BCUT2D eigenvalue weighted by Crippen LogP contribution is 2.23. The number of aryl methyl sites for hydroxylation is 1. The van der Waals surface area contributed by atoms with Crippen LogP contribution < -0.4 is 0 Å². The fraction of sp³-hybridized carbons (Fsp3) is 0.133. The Morgan fingerprint density at radius 3 is 2.70 bits per heavy atom. The van der Waals surface area contributed by atoms with Gasteiger partial charge in [-0.1, -0.05) is 0 Å². The highest BCUT2D eigenvalue weighted by Gasteiger charge is 2.09. The van der Waals surface area contributed by atoms with Crippen LogP contribution in [-0.4, -0.2) is 41.6 Å². The zero-order valence-electron chi connectivity index (χ0n) is 12.3. The monoisotopic (exact) mass is 310 g/mol. The molecule has 8 nitrogen and oxygen atoms in total. The van der Waals surface area contributed by atoms with Gasteiger partial charge in [0.2, 0.25) is 0 Å². The van der Waals surface area contributed by atoms with Gasteiger partial charge in [-0.05, 0) is 41.6 Å². The number of aliphatic hydroxyl groups is 1. The fourth-order valence-electron chi connectivity index (χ4n) is 2.03. The number of aliphatic hydroxyl groups excluding tert-OH is 1. The second kappa shape index (κ2) is 6.32. The van der Waals surface area contributed by atoms with E-state index in [1.165, 1.54) is 23.4 Å². The van der Waals surface area contributed by atoms with Crippen LogP contribution in [0.2, 0.25) is 0 Å². The molecule has 23 heavy (non-hydrogen) atoms. The van der Waals surface area contributed by atoms with E-state index in [0.717, 1.165) is 5.69 Å². The van der Waals surface area contributed by atoms with Crippen LogP contribution in [0.25, 0.3) is 5.69 Å². The van der Waals surface area contributed by atoms with Gasteiger partial charge in [0.05, 0.1) is 23.7 Å². The molecule has 0 aliphatic rings. The average Bonchev–Trinajstić information content (AvgIpc) is 3.11. The summed E-state index contributed by atoms with van der Waals surface area (Å²) in [6.45, 7) is 1.47. The maximum atomic E-state index is 10.1. The Morgan fingerprint density at radius 2 is 2.04 bits per heavy atom. The molecule has 3 rings (SSSR count). The lowest BCUT2D eigenvalue weighted by molar-refractivity contribution is 0.280. The number of rotatable bonds is 4. The van der Waals surface area contributed by atoms with Crippen molar-refractivity contribution in [1.29, 1.82) is 0 Å². The number of hydrogen-bond acceptors (Lipinski definition) is 7. The summed E-state index contributed by atoms with van der Waals surface area (Å²) in [6.07, 6.45) is 4.54. The van der Waals surface area contributed by atoms with Crippen molar-refractivity contribution in [3.8, 4) is 11.4 Å². The lowest BCUT2D eigenvalue weighted by atomic mass is 10.1. The van der Waals surface area contributed by atoms with Crippen LogP contribution in [0.1, 0.15) is 16.8 Å². The van der Waals surface area contributed by atoms with Gasteiger partial charge >= 0.3 is 0 Å². The van der Waals surface area contributed by atoms with E-state index in [2.05, 4.69) is 25.5 Å². The average molecular weight is 310 g/mol. The quantitative estimate of drug-likeness (QED) is 0.703. The Balaban J connectivity index is 1.87. The molecular weight excluding hydrogens is 296 g/mol. The van der Waals surface area contributed by atoms with Crippen LogP contribution in [0.15, 0.2) is 41.8 Å². The first-order valence-electron chi connectivity index (χ1n) is 6.85. The Kier molecular flexibility index (Phi) is 4.07. The van der Waals surface area contributed by atoms with Gasteiger partial charge in [0, 0.05) is 23.5 Å². The summed E-state index contributed by atoms with van der Waals surface area (Å²) in [7, 11) is 0. The molecule has 0 saturated carbocycles. The van der Waals surface area contributed by atoms with Crippen LogP contribution >= 0.6 is 0 Å². The van der Waals surface area contributed by atoms with Crippen molar-refractivity contribution in [3.63, 3.8) is 0 Å². The molecule has 116 valence electrons. The van der Waals surface area contributed by atoms with Crippen molar-refractivity contribution in [2.75, 3.05) is 0 Å². The Morgan fingerprint density at radius 1 is 1.26 bits per heavy atom. The van der Waals surface area contributed by atoms with Crippen LogP contribution in [0.3, 0.4) is 0 Å². The zero-order chi connectivity index (χ0) is 16.2. The molecule has 0 spiro atoms. The third kappa shape index (κ3) is 3.06. The summed E-state index contributed by atoms with van der Waals surface area (Å²) in [5.74, 6) is 0.0191. The molecule has 0 unspecified atom stereocenters. The van der Waals surface area contributed by atoms with Gasteiger partial charge in [-0.2, -0.15) is 0 Å². The molecule has 0 atom stereocenters. The highest BCUT2D eigenvalue weighted by molar-refractivity contribution is 5.87. The SMILES string of the molecule is Cc1ncc(CO)c(C=Nc2ccc(-n3cnnn3)cc2)c1O. The molecule has 2 aromatic heterocycles. The van der Waals surface area contributed by atoms with Crippen LogP contribution in [0.5, 0.6) is 5.75 Å². The van der Waals surface area contributed by atoms with Gasteiger partial charge in [0.15, 0.2) is 0 Å². The van der Waals surface area contributed by atoms with E-state index in [-0.39, 0.29) is 12.4 Å². The molecular formula is C15H14N6O2. The van der Waals surface area contributed by atoms with Crippen molar-refractivity contribution < 1.29 is 10.2 Å². The first kappa shape index (κ1) is 14.8. The molecule has 0 amide bonds. The lowest BCUT2D eigenvalue weighted by Gasteiger charge is -2.07. The molecule has 0 saturated heterocycles. The van der Waals surface area contributed by atoms with E-state index in [1.807, 2.05) is 12.1 Å². The Hall–Kier alpha value is -3.13. The van der Waals surface area contributed by atoms with Crippen molar-refractivity contribution >= 4 is 11.9 Å². The summed E-state index contributed by atoms with van der Waals surface area (Å²) in [5, 5.41) is 30.4. The molecule has 2 N–H and O–H groups in total. The van der Waals surface area contributed by atoms with Gasteiger partial charge in [-0.3, -0.25) is 9.98 Å². The Bertz CT molecular complexity index is 828. The first-order valence-corrected chi connectivity index (χ1v) is 6.85. The Labute approximate surface area is 131 Å². The molecule has 0 aliphatic carbocycles. The number of tetrazole rings is 1. The smallest absolute Gasteiger partial charge is 0.145 e. The van der Waals surface area contributed by atoms with Gasteiger partial charge in [-0.25, -0.2) is 4.68 Å². The summed E-state index contributed by atoms with van der Waals surface area (Å²) in [4.78, 5) is 8.34. The number of nitrogens with zero attached hydrogens (tertiary/aromatic N) is 6. The van der Waals surface area contributed by atoms with E-state index in [1.54, 1.807) is 19.1 Å². The third-order valence-corrected chi connectivity index (χ3v) is 3.33. The van der Waals surface area contributed by atoms with E-state index in [9.17, 15) is 10.2 Å². The highest BCUT2D eigenvalue weighted by atomic mass is 16.3. The number of benzene rings is 1. The van der Waals surface area contributed by atoms with E-state index >= 15 is 0 Å². The topological polar surface area (TPSA) is 109 Å². The maximum absolute atomic E-state index is 10.1. The molecule has 8 heteroatoms. The summed E-state index contributed by atoms with van der Waals surface area (Å²) < 4.78 is 1.54. The predicted octanol–water partition coefficient (Wildman–Crippen LogP) is 1.31. The zero-order valence-corrected chi connectivity index (χ0v) is 12.3. The van der Waals surface area contributed by atoms with Crippen molar-refractivity contribution in [3.05, 3.63) is 53.6 Å². The minimum atomic E-state index is -0.222. The van der Waals surface area contributed by atoms with Crippen LogP contribution in [-0.2, 0) is 6.61 Å². The molecule has 1 aromatic carbocycles. The molecule has 0 bridgehead atoms. The molecule has 0 fully saturated rings. The van der Waals surface area contributed by atoms with Crippen molar-refractivity contribution in [2.24, 2.45) is 4.99 Å². The summed E-state index contributed by atoms with van der Waals surface area (Å²) in [6, 6.07) is 7.26. The minimum absolute atomic E-state index is 0.0191. The van der Waals surface area contributed by atoms with E-state index < -0.39 is 0 Å². The summed E-state index contributed by atoms with van der Waals surface area (Å²) >= 11 is 0. The van der Waals surface area contributed by atoms with Gasteiger partial charge < -0.3 is 10.2 Å². The second-order valence-electron chi connectivity index (χ2n) is 4.82. The van der Waals surface area contributed by atoms with Gasteiger partial charge in [-0.15, -0.1) is 5.10 Å². The predicted molar refractivity (Wildman–Crippen MR) is 83.0 cm³/mol. The molecule has 0 aliphatic heterocycles. The molecule has 3 aromatic rings. The maximum Gasteiger partial charge on any atom is 0.145 e. The minimum Gasteiger partial charge on any atom is -0.505 e. The largest absolute Gasteiger partial charge is 0.505 e. The number of aromatic nitrogens is 5. The number of pyridine rings is 1. The van der Waals surface area contributed by atoms with Crippen molar-refractivity contribution in [2.45, 2.75) is 13.5 Å². The molecule has 2 heterocycles. The van der Waals surface area contributed by atoms with Crippen LogP contribution in [0.4, 0.5) is 5.69 Å². The fourth-order valence-corrected chi connectivity index (χ4v) is 2.03. The number of hydrogen-bond donors (Lipinski definition) is 2. The standard InChI is InChI=1S/C15H14N6O2/c1-10-15(23)14(11(8-22)6-16-10)7-17-12-2-4-13(5-3-12)21-9-18-19-20-21/h2-7,9,22-23H,8H2,1H3. The van der Waals surface area contributed by atoms with Crippen molar-refractivity contribution in [1.82, 2.24) is 25.2 Å². The van der Waals surface area contributed by atoms with Gasteiger partial charge in [0.25, 0.3) is 0 Å². The normalized spacial score (nSPS) is 11.2. The lowest BCUT2D eigenvalue weighted by Crippen LogP contribution is -1.97. The first-order chi connectivity index (χ1) is 11.2. The van der Waals surface area contributed by atoms with Crippen LogP contribution in [0, 0.1) is 6.92 Å².